The Bertz CT molecular complexity index is 428. The van der Waals surface area contributed by atoms with Gasteiger partial charge in [0.05, 0.1) is 11.7 Å². The van der Waals surface area contributed by atoms with Crippen LogP contribution in [0.15, 0.2) is 6.33 Å². The van der Waals surface area contributed by atoms with Crippen molar-refractivity contribution in [2.24, 2.45) is 5.92 Å². The highest BCUT2D eigenvalue weighted by Gasteiger charge is 2.20. The third kappa shape index (κ3) is 3.17. The van der Waals surface area contributed by atoms with Crippen LogP contribution >= 0.6 is 11.6 Å². The number of aldehydes is 1. The summed E-state index contributed by atoms with van der Waals surface area (Å²) in [6.45, 7) is 0.686. The zero-order chi connectivity index (χ0) is 13.0. The van der Waals surface area contributed by atoms with E-state index in [9.17, 15) is 9.90 Å². The maximum Gasteiger partial charge on any atom is 0.156 e. The molecule has 2 atom stereocenters. The second-order valence-electron chi connectivity index (χ2n) is 4.61. The molecule has 6 heteroatoms. The smallest absolute Gasteiger partial charge is 0.156 e. The van der Waals surface area contributed by atoms with Gasteiger partial charge in [0.25, 0.3) is 0 Å². The minimum atomic E-state index is -0.204. The Morgan fingerprint density at radius 2 is 2.33 bits per heavy atom. The number of hydrogen-bond acceptors (Lipinski definition) is 5. The van der Waals surface area contributed by atoms with Crippen LogP contribution in [0.4, 0.5) is 5.82 Å². The summed E-state index contributed by atoms with van der Waals surface area (Å²) < 4.78 is 0. The average molecular weight is 270 g/mol. The fourth-order valence-corrected chi connectivity index (χ4v) is 2.49. The number of aliphatic hydroxyl groups is 1. The molecular formula is C12H16ClN3O2. The first-order valence-electron chi connectivity index (χ1n) is 6.08. The number of halogens is 1. The highest BCUT2D eigenvalue weighted by molar-refractivity contribution is 6.32. The van der Waals surface area contributed by atoms with Crippen molar-refractivity contribution in [2.75, 3.05) is 11.9 Å². The summed E-state index contributed by atoms with van der Waals surface area (Å²) in [6.07, 6.45) is 5.58. The van der Waals surface area contributed by atoms with Gasteiger partial charge in [-0.25, -0.2) is 9.97 Å². The normalized spacial score (nSPS) is 23.7. The minimum Gasteiger partial charge on any atom is -0.393 e. The fourth-order valence-electron chi connectivity index (χ4n) is 2.31. The van der Waals surface area contributed by atoms with Gasteiger partial charge in [-0.1, -0.05) is 18.0 Å². The molecule has 0 bridgehead atoms. The molecule has 0 radical (unpaired) electrons. The van der Waals surface area contributed by atoms with E-state index in [0.717, 1.165) is 25.7 Å². The molecule has 2 unspecified atom stereocenters. The van der Waals surface area contributed by atoms with Crippen molar-refractivity contribution in [1.29, 1.82) is 0 Å². The van der Waals surface area contributed by atoms with E-state index in [0.29, 0.717) is 24.6 Å². The second-order valence-corrected chi connectivity index (χ2v) is 4.97. The van der Waals surface area contributed by atoms with Crippen LogP contribution in [0, 0.1) is 5.92 Å². The first-order chi connectivity index (χ1) is 8.70. The molecule has 1 fully saturated rings. The maximum absolute atomic E-state index is 10.9. The minimum absolute atomic E-state index is 0.158. The van der Waals surface area contributed by atoms with Gasteiger partial charge in [-0.05, 0) is 25.2 Å². The average Bonchev–Trinajstić information content (AvgIpc) is 2.36. The van der Waals surface area contributed by atoms with E-state index in [1.54, 1.807) is 0 Å². The Morgan fingerprint density at radius 1 is 1.50 bits per heavy atom. The van der Waals surface area contributed by atoms with Crippen molar-refractivity contribution in [3.63, 3.8) is 0 Å². The number of aromatic nitrogens is 2. The van der Waals surface area contributed by atoms with Crippen LogP contribution in [0.1, 0.15) is 36.0 Å². The van der Waals surface area contributed by atoms with Crippen LogP contribution in [0.2, 0.25) is 5.15 Å². The van der Waals surface area contributed by atoms with Crippen LogP contribution in [0.3, 0.4) is 0 Å². The molecule has 18 heavy (non-hydrogen) atoms. The highest BCUT2D eigenvalue weighted by Crippen LogP contribution is 2.25. The lowest BCUT2D eigenvalue weighted by Gasteiger charge is -2.26. The number of aliphatic hydroxyl groups excluding tert-OH is 1. The summed E-state index contributed by atoms with van der Waals surface area (Å²) in [6, 6.07) is 0. The van der Waals surface area contributed by atoms with E-state index < -0.39 is 0 Å². The van der Waals surface area contributed by atoms with Crippen molar-refractivity contribution >= 4 is 23.7 Å². The molecule has 1 saturated carbocycles. The Kier molecular flexibility index (Phi) is 4.49. The Hall–Kier alpha value is -1.20. The number of nitrogens with one attached hydrogen (secondary N) is 1. The molecule has 1 aliphatic rings. The van der Waals surface area contributed by atoms with Crippen LogP contribution < -0.4 is 5.32 Å². The van der Waals surface area contributed by atoms with Gasteiger partial charge in [0, 0.05) is 6.54 Å². The first kappa shape index (κ1) is 13.2. The summed E-state index contributed by atoms with van der Waals surface area (Å²) in [4.78, 5) is 18.7. The molecule has 2 rings (SSSR count). The summed E-state index contributed by atoms with van der Waals surface area (Å²) in [7, 11) is 0. The van der Waals surface area contributed by atoms with Gasteiger partial charge in [0.15, 0.2) is 6.29 Å². The van der Waals surface area contributed by atoms with Gasteiger partial charge in [-0.15, -0.1) is 0 Å². The third-order valence-electron chi connectivity index (χ3n) is 3.27. The lowest BCUT2D eigenvalue weighted by Crippen LogP contribution is -2.25. The number of anilines is 1. The summed E-state index contributed by atoms with van der Waals surface area (Å²) in [5.74, 6) is 0.868. The second kappa shape index (κ2) is 6.11. The molecule has 0 aliphatic heterocycles. The van der Waals surface area contributed by atoms with E-state index >= 15 is 0 Å². The maximum atomic E-state index is 10.9. The van der Waals surface area contributed by atoms with Crippen LogP contribution in [-0.4, -0.2) is 34.0 Å². The number of rotatable bonds is 4. The standard InChI is InChI=1S/C12H16ClN3O2/c13-11-10(6-17)12(16-7-15-11)14-5-8-2-1-3-9(18)4-8/h6-9,18H,1-5H2,(H,14,15,16). The molecule has 0 spiro atoms. The lowest BCUT2D eigenvalue weighted by atomic mass is 9.87. The monoisotopic (exact) mass is 269 g/mol. The molecule has 1 heterocycles. The molecule has 0 saturated heterocycles. The van der Waals surface area contributed by atoms with E-state index in [1.165, 1.54) is 6.33 Å². The zero-order valence-electron chi connectivity index (χ0n) is 9.97. The summed E-state index contributed by atoms with van der Waals surface area (Å²) >= 11 is 5.81. The Labute approximate surface area is 111 Å². The van der Waals surface area contributed by atoms with Crippen LogP contribution in [-0.2, 0) is 0 Å². The number of hydrogen-bond donors (Lipinski definition) is 2. The number of carbonyl (C=O) groups excluding carboxylic acids is 1. The Balaban J connectivity index is 1.97. The first-order valence-corrected chi connectivity index (χ1v) is 6.46. The zero-order valence-corrected chi connectivity index (χ0v) is 10.7. The number of carbonyl (C=O) groups is 1. The van der Waals surface area contributed by atoms with Crippen LogP contribution in [0.25, 0.3) is 0 Å². The van der Waals surface area contributed by atoms with Gasteiger partial charge in [0.2, 0.25) is 0 Å². The van der Waals surface area contributed by atoms with E-state index in [2.05, 4.69) is 15.3 Å². The van der Waals surface area contributed by atoms with Crippen molar-refractivity contribution in [3.05, 3.63) is 17.0 Å². The molecule has 1 aromatic rings. The predicted molar refractivity (Wildman–Crippen MR) is 68.9 cm³/mol. The summed E-state index contributed by atoms with van der Waals surface area (Å²) in [5.41, 5.74) is 0.288. The lowest BCUT2D eigenvalue weighted by molar-refractivity contribution is 0.104. The molecule has 5 nitrogen and oxygen atoms in total. The third-order valence-corrected chi connectivity index (χ3v) is 3.57. The predicted octanol–water partition coefficient (Wildman–Crippen LogP) is 1.91. The molecule has 0 amide bonds. The number of nitrogens with zero attached hydrogens (tertiary/aromatic N) is 2. The van der Waals surface area contributed by atoms with Gasteiger partial charge in [-0.3, -0.25) is 4.79 Å². The van der Waals surface area contributed by atoms with Crippen molar-refractivity contribution < 1.29 is 9.90 Å². The van der Waals surface area contributed by atoms with E-state index in [-0.39, 0.29) is 16.8 Å². The van der Waals surface area contributed by atoms with Crippen molar-refractivity contribution in [1.82, 2.24) is 9.97 Å². The van der Waals surface area contributed by atoms with Crippen molar-refractivity contribution in [3.8, 4) is 0 Å². The van der Waals surface area contributed by atoms with E-state index in [1.807, 2.05) is 0 Å². The summed E-state index contributed by atoms with van der Waals surface area (Å²) in [5, 5.41) is 12.9. The fraction of sp³-hybridized carbons (Fsp3) is 0.583. The van der Waals surface area contributed by atoms with Crippen molar-refractivity contribution in [2.45, 2.75) is 31.8 Å². The van der Waals surface area contributed by atoms with Gasteiger partial charge in [0.1, 0.15) is 17.3 Å². The SMILES string of the molecule is O=Cc1c(Cl)ncnc1NCC1CCCC(O)C1. The van der Waals surface area contributed by atoms with Gasteiger partial charge >= 0.3 is 0 Å². The molecule has 98 valence electrons. The molecule has 2 N–H and O–H groups in total. The largest absolute Gasteiger partial charge is 0.393 e. The van der Waals surface area contributed by atoms with Crippen LogP contribution in [0.5, 0.6) is 0 Å². The quantitative estimate of drug-likeness (QED) is 0.645. The highest BCUT2D eigenvalue weighted by atomic mass is 35.5. The van der Waals surface area contributed by atoms with Gasteiger partial charge < -0.3 is 10.4 Å². The molecule has 1 aromatic heterocycles. The molecule has 0 aromatic carbocycles. The molecule has 1 aliphatic carbocycles. The van der Waals surface area contributed by atoms with E-state index in [4.69, 9.17) is 11.6 Å². The topological polar surface area (TPSA) is 75.1 Å². The molecular weight excluding hydrogens is 254 g/mol. The Morgan fingerprint density at radius 3 is 3.06 bits per heavy atom. The van der Waals surface area contributed by atoms with Gasteiger partial charge in [-0.2, -0.15) is 0 Å².